The minimum atomic E-state index is -4.17. The van der Waals surface area contributed by atoms with Crippen LogP contribution in [0.3, 0.4) is 0 Å². The van der Waals surface area contributed by atoms with E-state index in [0.29, 0.717) is 33.7 Å². The summed E-state index contributed by atoms with van der Waals surface area (Å²) in [4.78, 5) is 28.8. The molecule has 3 aromatic carbocycles. The van der Waals surface area contributed by atoms with Gasteiger partial charge in [-0.15, -0.1) is 0 Å². The smallest absolute Gasteiger partial charge is 0.264 e. The molecule has 0 heterocycles. The number of ether oxygens (including phenoxy) is 1. The molecule has 1 atom stereocenters. The Bertz CT molecular complexity index is 1480. The maximum absolute atomic E-state index is 14.0. The largest absolute Gasteiger partial charge is 0.494 e. The van der Waals surface area contributed by atoms with E-state index >= 15 is 0 Å². The van der Waals surface area contributed by atoms with Crippen LogP contribution >= 0.6 is 23.2 Å². The molecule has 0 spiro atoms. The van der Waals surface area contributed by atoms with Crippen molar-refractivity contribution in [2.45, 2.75) is 63.1 Å². The molecule has 42 heavy (non-hydrogen) atoms. The summed E-state index contributed by atoms with van der Waals surface area (Å²) in [5, 5.41) is 3.73. The van der Waals surface area contributed by atoms with Gasteiger partial charge in [0.1, 0.15) is 18.3 Å². The molecule has 4 rings (SSSR count). The van der Waals surface area contributed by atoms with Crippen molar-refractivity contribution in [1.82, 2.24) is 10.2 Å². The van der Waals surface area contributed by atoms with Gasteiger partial charge >= 0.3 is 0 Å². The standard InChI is InChI=1S/C31H35Cl2N3O5S/c1-3-41-26-14-16-27(17-15-26)42(39,40)36(25-11-5-4-6-12-25)21-30(37)35(20-23-13-18-28(32)29(33)19-23)22(2)31(38)34-24-9-7-8-10-24/h4-6,11-19,22,24H,3,7-10,20-21H2,1-2H3,(H,34,38)/t22-/m1/s1. The molecule has 0 bridgehead atoms. The van der Waals surface area contributed by atoms with E-state index in [-0.39, 0.29) is 23.4 Å². The molecule has 0 unspecified atom stereocenters. The SMILES string of the molecule is CCOc1ccc(S(=O)(=O)N(CC(=O)N(Cc2ccc(Cl)c(Cl)c2)[C@H](C)C(=O)NC2CCCC2)c2ccccc2)cc1. The van der Waals surface area contributed by atoms with Gasteiger partial charge in [-0.25, -0.2) is 8.42 Å². The number of carbonyl (C=O) groups is 2. The van der Waals surface area contributed by atoms with Crippen molar-refractivity contribution in [3.8, 4) is 5.75 Å². The van der Waals surface area contributed by atoms with E-state index in [1.54, 1.807) is 67.6 Å². The van der Waals surface area contributed by atoms with Gasteiger partial charge in [0, 0.05) is 12.6 Å². The Balaban J connectivity index is 1.67. The lowest BCUT2D eigenvalue weighted by Crippen LogP contribution is -2.52. The van der Waals surface area contributed by atoms with Crippen LogP contribution in [0.1, 0.15) is 45.1 Å². The quantitative estimate of drug-likeness (QED) is 0.262. The monoisotopic (exact) mass is 631 g/mol. The first-order valence-corrected chi connectivity index (χ1v) is 16.1. The van der Waals surface area contributed by atoms with Crippen LogP contribution in [0.5, 0.6) is 5.75 Å². The highest BCUT2D eigenvalue weighted by Gasteiger charge is 2.33. The van der Waals surface area contributed by atoms with Crippen molar-refractivity contribution in [2.24, 2.45) is 0 Å². The molecular weight excluding hydrogens is 597 g/mol. The Morgan fingerprint density at radius 3 is 2.26 bits per heavy atom. The summed E-state index contributed by atoms with van der Waals surface area (Å²) < 4.78 is 34.4. The number of nitrogens with zero attached hydrogens (tertiary/aromatic N) is 2. The summed E-state index contributed by atoms with van der Waals surface area (Å²) in [6, 6.07) is 18.6. The molecule has 1 fully saturated rings. The number of halogens is 2. The van der Waals surface area contributed by atoms with Gasteiger partial charge in [0.05, 0.1) is 27.2 Å². The number of hydrogen-bond donors (Lipinski definition) is 1. The van der Waals surface area contributed by atoms with E-state index in [9.17, 15) is 18.0 Å². The molecule has 3 aromatic rings. The lowest BCUT2D eigenvalue weighted by atomic mass is 10.1. The molecule has 11 heteroatoms. The van der Waals surface area contributed by atoms with Crippen LogP contribution in [0, 0.1) is 0 Å². The van der Waals surface area contributed by atoms with Crippen molar-refractivity contribution < 1.29 is 22.7 Å². The van der Waals surface area contributed by atoms with Crippen molar-refractivity contribution >= 4 is 50.7 Å². The van der Waals surface area contributed by atoms with Crippen LogP contribution in [0.25, 0.3) is 0 Å². The van der Waals surface area contributed by atoms with Crippen LogP contribution < -0.4 is 14.4 Å². The summed E-state index contributed by atoms with van der Waals surface area (Å²) in [6.07, 6.45) is 3.87. The second-order valence-corrected chi connectivity index (χ2v) is 12.9. The van der Waals surface area contributed by atoms with Gasteiger partial charge in [0.25, 0.3) is 10.0 Å². The Kier molecular flexibility index (Phi) is 10.8. The molecular formula is C31H35Cl2N3O5S. The number of sulfonamides is 1. The first-order valence-electron chi connectivity index (χ1n) is 13.9. The number of nitrogens with one attached hydrogen (secondary N) is 1. The van der Waals surface area contributed by atoms with Crippen LogP contribution in [0.4, 0.5) is 5.69 Å². The Morgan fingerprint density at radius 2 is 1.64 bits per heavy atom. The molecule has 8 nitrogen and oxygen atoms in total. The highest BCUT2D eigenvalue weighted by molar-refractivity contribution is 7.92. The fraction of sp³-hybridized carbons (Fsp3) is 0.355. The molecule has 224 valence electrons. The number of hydrogen-bond acceptors (Lipinski definition) is 5. The van der Waals surface area contributed by atoms with Crippen molar-refractivity contribution in [2.75, 3.05) is 17.5 Å². The zero-order chi connectivity index (χ0) is 30.3. The molecule has 0 radical (unpaired) electrons. The summed E-state index contributed by atoms with van der Waals surface area (Å²) in [5.74, 6) is -0.307. The third kappa shape index (κ3) is 7.76. The molecule has 2 amide bonds. The lowest BCUT2D eigenvalue weighted by molar-refractivity contribution is -0.139. The third-order valence-corrected chi connectivity index (χ3v) is 9.78. The van der Waals surface area contributed by atoms with E-state index in [0.717, 1.165) is 30.0 Å². The summed E-state index contributed by atoms with van der Waals surface area (Å²) >= 11 is 12.3. The topological polar surface area (TPSA) is 96.0 Å². The van der Waals surface area contributed by atoms with Gasteiger partial charge in [0.2, 0.25) is 11.8 Å². The van der Waals surface area contributed by atoms with Crippen LogP contribution in [-0.4, -0.2) is 50.4 Å². The van der Waals surface area contributed by atoms with E-state index < -0.39 is 28.5 Å². The average molecular weight is 633 g/mol. The first-order chi connectivity index (χ1) is 20.1. The van der Waals surface area contributed by atoms with Crippen LogP contribution in [-0.2, 0) is 26.2 Å². The van der Waals surface area contributed by atoms with Crippen molar-refractivity contribution in [3.05, 3.63) is 88.4 Å². The summed E-state index contributed by atoms with van der Waals surface area (Å²) in [5.41, 5.74) is 0.969. The van der Waals surface area contributed by atoms with E-state index in [2.05, 4.69) is 5.32 Å². The third-order valence-electron chi connectivity index (χ3n) is 7.25. The highest BCUT2D eigenvalue weighted by Crippen LogP contribution is 2.27. The van der Waals surface area contributed by atoms with E-state index in [4.69, 9.17) is 27.9 Å². The lowest BCUT2D eigenvalue weighted by Gasteiger charge is -2.32. The molecule has 1 N–H and O–H groups in total. The van der Waals surface area contributed by atoms with Gasteiger partial charge in [0.15, 0.2) is 0 Å². The zero-order valence-electron chi connectivity index (χ0n) is 23.6. The number of rotatable bonds is 12. The second-order valence-electron chi connectivity index (χ2n) is 10.2. The van der Waals surface area contributed by atoms with Gasteiger partial charge in [-0.3, -0.25) is 13.9 Å². The van der Waals surface area contributed by atoms with Gasteiger partial charge in [-0.2, -0.15) is 0 Å². The predicted octanol–water partition coefficient (Wildman–Crippen LogP) is 6.06. The van der Waals surface area contributed by atoms with Gasteiger partial charge in [-0.05, 0) is 80.8 Å². The Hall–Kier alpha value is -3.27. The summed E-state index contributed by atoms with van der Waals surface area (Å²) in [7, 11) is -4.17. The number of benzene rings is 3. The molecule has 1 aliphatic rings. The Morgan fingerprint density at radius 1 is 0.976 bits per heavy atom. The number of anilines is 1. The van der Waals surface area contributed by atoms with Gasteiger partial charge < -0.3 is 15.0 Å². The number of amides is 2. The molecule has 1 aliphatic carbocycles. The minimum Gasteiger partial charge on any atom is -0.494 e. The zero-order valence-corrected chi connectivity index (χ0v) is 26.0. The van der Waals surface area contributed by atoms with Crippen LogP contribution in [0.2, 0.25) is 10.0 Å². The van der Waals surface area contributed by atoms with Crippen molar-refractivity contribution in [1.29, 1.82) is 0 Å². The molecule has 1 saturated carbocycles. The summed E-state index contributed by atoms with van der Waals surface area (Å²) in [6.45, 7) is 3.43. The number of para-hydroxylation sites is 1. The number of carbonyl (C=O) groups excluding carboxylic acids is 2. The molecule has 0 aliphatic heterocycles. The van der Waals surface area contributed by atoms with Gasteiger partial charge in [-0.1, -0.05) is 60.3 Å². The predicted molar refractivity (Wildman–Crippen MR) is 165 cm³/mol. The normalized spacial score (nSPS) is 14.3. The molecule has 0 aromatic heterocycles. The average Bonchev–Trinajstić information content (AvgIpc) is 3.50. The second kappa shape index (κ2) is 14.3. The maximum Gasteiger partial charge on any atom is 0.264 e. The van der Waals surface area contributed by atoms with Crippen LogP contribution in [0.15, 0.2) is 77.7 Å². The van der Waals surface area contributed by atoms with E-state index in [1.165, 1.54) is 17.0 Å². The van der Waals surface area contributed by atoms with Crippen molar-refractivity contribution in [3.63, 3.8) is 0 Å². The Labute approximate surface area is 257 Å². The molecule has 0 saturated heterocycles. The van der Waals surface area contributed by atoms with E-state index in [1.807, 2.05) is 6.92 Å². The fourth-order valence-corrected chi connectivity index (χ4v) is 6.67. The maximum atomic E-state index is 14.0. The highest BCUT2D eigenvalue weighted by atomic mass is 35.5. The minimum absolute atomic E-state index is 0.00524. The first kappa shape index (κ1) is 31.7. The fourth-order valence-electron chi connectivity index (χ4n) is 4.93.